The molecule has 0 fully saturated rings. The van der Waals surface area contributed by atoms with E-state index in [0.29, 0.717) is 0 Å². The third kappa shape index (κ3) is 1.96. The highest BCUT2D eigenvalue weighted by atomic mass is 15.1. The first-order chi connectivity index (χ1) is 8.76. The lowest BCUT2D eigenvalue weighted by molar-refractivity contribution is 0.936. The fraction of sp³-hybridized carbons (Fsp3) is 0.571. The van der Waals surface area contributed by atoms with Crippen LogP contribution < -0.4 is 0 Å². The highest BCUT2D eigenvalue weighted by Crippen LogP contribution is 2.32. The molecule has 2 aromatic rings. The number of hydrogen-bond acceptors (Lipinski definition) is 2. The van der Waals surface area contributed by atoms with Crippen molar-refractivity contribution < 1.29 is 0 Å². The molecule has 0 aliphatic rings. The zero-order valence-electron chi connectivity index (χ0n) is 11.7. The van der Waals surface area contributed by atoms with Crippen molar-refractivity contribution in [2.45, 2.75) is 53.4 Å². The Morgan fingerprint density at radius 1 is 0.667 bits per heavy atom. The van der Waals surface area contributed by atoms with Crippen molar-refractivity contribution in [2.24, 2.45) is 0 Å². The highest BCUT2D eigenvalue weighted by molar-refractivity contribution is 5.73. The van der Waals surface area contributed by atoms with E-state index in [2.05, 4.69) is 48.1 Å². The topological polar surface area (TPSA) is 57.4 Å². The van der Waals surface area contributed by atoms with E-state index in [9.17, 15) is 0 Å². The molecule has 2 aromatic heterocycles. The van der Waals surface area contributed by atoms with Crippen molar-refractivity contribution in [3.8, 4) is 11.1 Å². The van der Waals surface area contributed by atoms with E-state index in [1.165, 1.54) is 22.5 Å². The first-order valence-electron chi connectivity index (χ1n) is 6.89. The number of nitrogens with one attached hydrogen (secondary N) is 2. The average molecular weight is 246 g/mol. The third-order valence-corrected chi connectivity index (χ3v) is 3.46. The SMILES string of the molecule is CCc1n[nH]c(CC)c1-c1c(CC)n[nH]c1CC. The van der Waals surface area contributed by atoms with Crippen LogP contribution in [0.25, 0.3) is 11.1 Å². The van der Waals surface area contributed by atoms with Gasteiger partial charge < -0.3 is 0 Å². The number of nitrogens with zero attached hydrogens (tertiary/aromatic N) is 2. The van der Waals surface area contributed by atoms with Crippen molar-refractivity contribution in [3.63, 3.8) is 0 Å². The van der Waals surface area contributed by atoms with Gasteiger partial charge in [-0.15, -0.1) is 0 Å². The van der Waals surface area contributed by atoms with Crippen molar-refractivity contribution in [3.05, 3.63) is 22.8 Å². The zero-order chi connectivity index (χ0) is 13.1. The van der Waals surface area contributed by atoms with Gasteiger partial charge in [0, 0.05) is 22.5 Å². The number of aromatic nitrogens is 4. The molecule has 0 radical (unpaired) electrons. The molecule has 4 heteroatoms. The van der Waals surface area contributed by atoms with Crippen molar-refractivity contribution in [1.82, 2.24) is 20.4 Å². The molecule has 2 rings (SSSR count). The van der Waals surface area contributed by atoms with Gasteiger partial charge >= 0.3 is 0 Å². The molecule has 0 saturated carbocycles. The normalized spacial score (nSPS) is 11.1. The van der Waals surface area contributed by atoms with Crippen molar-refractivity contribution in [1.29, 1.82) is 0 Å². The van der Waals surface area contributed by atoms with Crippen LogP contribution in [-0.4, -0.2) is 20.4 Å². The molecular weight excluding hydrogens is 224 g/mol. The Kier molecular flexibility index (Phi) is 3.84. The number of H-pyrrole nitrogens is 2. The molecule has 0 bridgehead atoms. The van der Waals surface area contributed by atoms with Gasteiger partial charge in [0.1, 0.15) is 0 Å². The van der Waals surface area contributed by atoms with Gasteiger partial charge in [0.05, 0.1) is 11.4 Å². The second kappa shape index (κ2) is 5.38. The largest absolute Gasteiger partial charge is 0.282 e. The van der Waals surface area contributed by atoms with Crippen LogP contribution in [0.2, 0.25) is 0 Å². The number of aryl methyl sites for hydroxylation is 4. The zero-order valence-corrected chi connectivity index (χ0v) is 11.7. The number of rotatable bonds is 5. The Morgan fingerprint density at radius 2 is 1.06 bits per heavy atom. The molecule has 2 heterocycles. The second-order valence-electron chi connectivity index (χ2n) is 4.46. The van der Waals surface area contributed by atoms with Gasteiger partial charge in [-0.25, -0.2) is 0 Å². The van der Waals surface area contributed by atoms with Crippen LogP contribution in [-0.2, 0) is 25.7 Å². The summed E-state index contributed by atoms with van der Waals surface area (Å²) in [6.45, 7) is 8.62. The summed E-state index contributed by atoms with van der Waals surface area (Å²) in [4.78, 5) is 0. The number of hydrogen-bond donors (Lipinski definition) is 2. The van der Waals surface area contributed by atoms with Gasteiger partial charge in [-0.3, -0.25) is 10.2 Å². The summed E-state index contributed by atoms with van der Waals surface area (Å²) >= 11 is 0. The minimum atomic E-state index is 0.948. The fourth-order valence-electron chi connectivity index (χ4n) is 2.46. The molecule has 0 saturated heterocycles. The fourth-order valence-corrected chi connectivity index (χ4v) is 2.46. The molecule has 0 atom stereocenters. The third-order valence-electron chi connectivity index (χ3n) is 3.46. The van der Waals surface area contributed by atoms with Crippen molar-refractivity contribution >= 4 is 0 Å². The van der Waals surface area contributed by atoms with Crippen LogP contribution in [0.1, 0.15) is 50.5 Å². The summed E-state index contributed by atoms with van der Waals surface area (Å²) in [5, 5.41) is 15.2. The lowest BCUT2D eigenvalue weighted by atomic mass is 9.96. The maximum absolute atomic E-state index is 4.45. The summed E-state index contributed by atoms with van der Waals surface area (Å²) in [6.07, 6.45) is 3.84. The quantitative estimate of drug-likeness (QED) is 0.852. The molecule has 4 nitrogen and oxygen atoms in total. The molecular formula is C14H22N4. The highest BCUT2D eigenvalue weighted by Gasteiger charge is 2.20. The van der Waals surface area contributed by atoms with E-state index >= 15 is 0 Å². The van der Waals surface area contributed by atoms with E-state index in [4.69, 9.17) is 0 Å². The van der Waals surface area contributed by atoms with E-state index in [1.807, 2.05) is 0 Å². The molecule has 0 spiro atoms. The van der Waals surface area contributed by atoms with Crippen molar-refractivity contribution in [2.75, 3.05) is 0 Å². The molecule has 0 aliphatic heterocycles. The van der Waals surface area contributed by atoms with Crippen LogP contribution in [0.3, 0.4) is 0 Å². The molecule has 2 N–H and O–H groups in total. The predicted octanol–water partition coefficient (Wildman–Crippen LogP) is 3.05. The van der Waals surface area contributed by atoms with Crippen LogP contribution in [0.15, 0.2) is 0 Å². The molecule has 98 valence electrons. The van der Waals surface area contributed by atoms with Crippen LogP contribution in [0, 0.1) is 0 Å². The summed E-state index contributed by atoms with van der Waals surface area (Å²) in [5.74, 6) is 0. The van der Waals surface area contributed by atoms with Gasteiger partial charge in [0.15, 0.2) is 0 Å². The average Bonchev–Trinajstić information content (AvgIpc) is 3.00. The minimum absolute atomic E-state index is 0.948. The molecule has 0 unspecified atom stereocenters. The van der Waals surface area contributed by atoms with Gasteiger partial charge in [-0.1, -0.05) is 27.7 Å². The summed E-state index contributed by atoms with van der Waals surface area (Å²) in [5.41, 5.74) is 7.30. The Labute approximate surface area is 108 Å². The smallest absolute Gasteiger partial charge is 0.0702 e. The standard InChI is InChI=1S/C14H22N4/c1-5-9-13(10(6-2)16-15-9)14-11(7-3)17-18-12(14)8-4/h5-8H2,1-4H3,(H,15,16)(H,17,18). The monoisotopic (exact) mass is 246 g/mol. The molecule has 0 amide bonds. The lowest BCUT2D eigenvalue weighted by Gasteiger charge is -2.06. The van der Waals surface area contributed by atoms with Crippen LogP contribution in [0.5, 0.6) is 0 Å². The molecule has 18 heavy (non-hydrogen) atoms. The van der Waals surface area contributed by atoms with E-state index < -0.39 is 0 Å². The first kappa shape index (κ1) is 12.9. The van der Waals surface area contributed by atoms with Gasteiger partial charge in [0.2, 0.25) is 0 Å². The predicted molar refractivity (Wildman–Crippen MR) is 73.7 cm³/mol. The van der Waals surface area contributed by atoms with E-state index in [0.717, 1.165) is 37.1 Å². The summed E-state index contributed by atoms with van der Waals surface area (Å²) in [6, 6.07) is 0. The van der Waals surface area contributed by atoms with E-state index in [-0.39, 0.29) is 0 Å². The maximum Gasteiger partial charge on any atom is 0.0702 e. The maximum atomic E-state index is 4.45. The Balaban J connectivity index is 2.66. The molecule has 0 aliphatic carbocycles. The van der Waals surface area contributed by atoms with E-state index in [1.54, 1.807) is 0 Å². The Hall–Kier alpha value is -1.58. The summed E-state index contributed by atoms with van der Waals surface area (Å²) in [7, 11) is 0. The first-order valence-corrected chi connectivity index (χ1v) is 6.89. The Morgan fingerprint density at radius 3 is 1.33 bits per heavy atom. The molecule has 0 aromatic carbocycles. The van der Waals surface area contributed by atoms with Gasteiger partial charge in [0.25, 0.3) is 0 Å². The minimum Gasteiger partial charge on any atom is -0.282 e. The van der Waals surface area contributed by atoms with Gasteiger partial charge in [-0.2, -0.15) is 10.2 Å². The van der Waals surface area contributed by atoms with Gasteiger partial charge in [-0.05, 0) is 25.7 Å². The second-order valence-corrected chi connectivity index (χ2v) is 4.46. The number of aromatic amines is 2. The summed E-state index contributed by atoms with van der Waals surface area (Å²) < 4.78 is 0. The Bertz CT molecular complexity index is 431. The van der Waals surface area contributed by atoms with Crippen LogP contribution in [0.4, 0.5) is 0 Å². The lowest BCUT2D eigenvalue weighted by Crippen LogP contribution is -1.94. The van der Waals surface area contributed by atoms with Crippen LogP contribution >= 0.6 is 0 Å².